The second-order valence-corrected chi connectivity index (χ2v) is 9.68. The fourth-order valence-electron chi connectivity index (χ4n) is 4.70. The molecule has 1 fully saturated rings. The van der Waals surface area contributed by atoms with Crippen molar-refractivity contribution in [2.45, 2.75) is 6.18 Å². The number of hydrogen-bond acceptors (Lipinski definition) is 6. The van der Waals surface area contributed by atoms with Crippen LogP contribution in [-0.4, -0.2) is 70.9 Å². The van der Waals surface area contributed by atoms with E-state index in [1.54, 1.807) is 17.9 Å². The second kappa shape index (κ2) is 12.9. The molecular formula is C31H28F3N5O5. The van der Waals surface area contributed by atoms with Crippen LogP contribution in [0.2, 0.25) is 0 Å². The van der Waals surface area contributed by atoms with E-state index >= 15 is 0 Å². The molecule has 1 amide bonds. The van der Waals surface area contributed by atoms with Gasteiger partial charge in [-0.05, 0) is 47.9 Å². The number of alkyl halides is 3. The molecule has 6 rings (SSSR count). The molecule has 228 valence electrons. The van der Waals surface area contributed by atoms with Crippen molar-refractivity contribution >= 4 is 34.2 Å². The number of ether oxygens (including phenoxy) is 2. The summed E-state index contributed by atoms with van der Waals surface area (Å²) in [5.41, 5.74) is 5.07. The van der Waals surface area contributed by atoms with Crippen LogP contribution in [0, 0.1) is 0 Å². The van der Waals surface area contributed by atoms with Gasteiger partial charge < -0.3 is 29.4 Å². The number of hydrogen-bond donors (Lipinski definition) is 2. The number of methoxy groups -OCH3 is 1. The standard InChI is InChI=1S/C29H27N5O3.C2HF3O2/c1-36-28-18-23(9-10-27(28)32-13-15-37-16-14-32)31-29(35)22-6-4-7-24(17-22)34-20-25(19-30-34)33-12-11-21-5-2-3-8-26(21)33;3-2(4,5)1(6)7/h2-12,17-20H,13-16H2,1H3,(H,31,35);(H,6,7). The fraction of sp³-hybridized carbons (Fsp3) is 0.194. The third-order valence-corrected chi connectivity index (χ3v) is 6.85. The molecule has 0 atom stereocenters. The number of nitrogens with one attached hydrogen (secondary N) is 1. The average Bonchev–Trinajstić information content (AvgIpc) is 3.69. The minimum atomic E-state index is -5.08. The summed E-state index contributed by atoms with van der Waals surface area (Å²) in [4.78, 5) is 24.2. The van der Waals surface area contributed by atoms with E-state index in [9.17, 15) is 18.0 Å². The summed E-state index contributed by atoms with van der Waals surface area (Å²) in [6.07, 6.45) is 0.731. The van der Waals surface area contributed by atoms with Gasteiger partial charge in [-0.15, -0.1) is 0 Å². The first-order valence-electron chi connectivity index (χ1n) is 13.5. The van der Waals surface area contributed by atoms with Crippen molar-refractivity contribution < 1.29 is 37.3 Å². The molecule has 10 nitrogen and oxygen atoms in total. The summed E-state index contributed by atoms with van der Waals surface area (Å²) in [6.45, 7) is 3.00. The lowest BCUT2D eigenvalue weighted by molar-refractivity contribution is -0.192. The van der Waals surface area contributed by atoms with Gasteiger partial charge in [0.15, 0.2) is 0 Å². The van der Waals surface area contributed by atoms with E-state index in [1.165, 1.54) is 5.39 Å². The molecule has 1 saturated heterocycles. The predicted octanol–water partition coefficient (Wildman–Crippen LogP) is 5.55. The summed E-state index contributed by atoms with van der Waals surface area (Å²) in [5.74, 6) is -2.24. The SMILES string of the molecule is COc1cc(NC(=O)c2cccc(-n3cc(-n4ccc5ccccc54)cn3)c2)ccc1N1CCOCC1.O=C(O)C(F)(F)F. The van der Waals surface area contributed by atoms with Crippen molar-refractivity contribution in [2.75, 3.05) is 43.6 Å². The maximum Gasteiger partial charge on any atom is 0.490 e. The Kier molecular flexibility index (Phi) is 8.86. The molecule has 3 heterocycles. The molecule has 0 unspecified atom stereocenters. The third kappa shape index (κ3) is 6.84. The van der Waals surface area contributed by atoms with Gasteiger partial charge in [-0.25, -0.2) is 9.48 Å². The van der Waals surface area contributed by atoms with Crippen molar-refractivity contribution in [1.29, 1.82) is 0 Å². The van der Waals surface area contributed by atoms with Crippen LogP contribution in [0.3, 0.4) is 0 Å². The molecule has 13 heteroatoms. The van der Waals surface area contributed by atoms with Crippen LogP contribution < -0.4 is 15.0 Å². The quantitative estimate of drug-likeness (QED) is 0.261. The maximum atomic E-state index is 13.1. The molecule has 0 saturated carbocycles. The zero-order valence-corrected chi connectivity index (χ0v) is 23.5. The number of fused-ring (bicyclic) bond motifs is 1. The molecule has 0 aliphatic carbocycles. The Hall–Kier alpha value is -5.30. The van der Waals surface area contributed by atoms with E-state index < -0.39 is 12.1 Å². The lowest BCUT2D eigenvalue weighted by Gasteiger charge is -2.30. The van der Waals surface area contributed by atoms with E-state index in [0.29, 0.717) is 24.5 Å². The van der Waals surface area contributed by atoms with E-state index in [0.717, 1.165) is 41.4 Å². The average molecular weight is 608 g/mol. The Bertz CT molecular complexity index is 1780. The largest absolute Gasteiger partial charge is 0.495 e. The molecule has 2 N–H and O–H groups in total. The summed E-state index contributed by atoms with van der Waals surface area (Å²) < 4.78 is 46.7. The van der Waals surface area contributed by atoms with E-state index in [4.69, 9.17) is 19.4 Å². The van der Waals surface area contributed by atoms with E-state index in [1.807, 2.05) is 67.1 Å². The Labute approximate surface area is 249 Å². The van der Waals surface area contributed by atoms with E-state index in [2.05, 4.69) is 38.1 Å². The van der Waals surface area contributed by atoms with Gasteiger partial charge >= 0.3 is 12.1 Å². The Morgan fingerprint density at radius 2 is 1.73 bits per heavy atom. The van der Waals surface area contributed by atoms with Gasteiger partial charge in [-0.2, -0.15) is 18.3 Å². The van der Waals surface area contributed by atoms with Crippen LogP contribution in [0.4, 0.5) is 24.5 Å². The number of rotatable bonds is 6. The van der Waals surface area contributed by atoms with Crippen LogP contribution in [0.5, 0.6) is 5.75 Å². The number of carboxylic acids is 1. The monoisotopic (exact) mass is 607 g/mol. The number of aliphatic carboxylic acids is 1. The summed E-state index contributed by atoms with van der Waals surface area (Å²) in [5, 5.41) is 15.8. The molecule has 44 heavy (non-hydrogen) atoms. The highest BCUT2D eigenvalue weighted by atomic mass is 19.4. The Morgan fingerprint density at radius 3 is 2.45 bits per heavy atom. The van der Waals surface area contributed by atoms with Crippen LogP contribution >= 0.6 is 0 Å². The molecule has 0 radical (unpaired) electrons. The van der Waals surface area contributed by atoms with Gasteiger partial charge in [0.25, 0.3) is 5.91 Å². The number of carboxylic acid groups (broad SMARTS) is 1. The molecule has 3 aromatic carbocycles. The summed E-state index contributed by atoms with van der Waals surface area (Å²) >= 11 is 0. The first-order chi connectivity index (χ1) is 21.1. The molecule has 0 spiro atoms. The number of anilines is 2. The van der Waals surface area contributed by atoms with Crippen LogP contribution in [0.15, 0.2) is 91.4 Å². The number of para-hydroxylation sites is 1. The van der Waals surface area contributed by atoms with Gasteiger partial charge in [0.1, 0.15) is 5.75 Å². The van der Waals surface area contributed by atoms with Crippen molar-refractivity contribution in [1.82, 2.24) is 14.3 Å². The molecule has 2 aromatic heterocycles. The van der Waals surface area contributed by atoms with Gasteiger partial charge in [-0.3, -0.25) is 4.79 Å². The Morgan fingerprint density at radius 1 is 0.977 bits per heavy atom. The highest BCUT2D eigenvalue weighted by molar-refractivity contribution is 6.04. The number of carbonyl (C=O) groups excluding carboxylic acids is 1. The van der Waals surface area contributed by atoms with E-state index in [-0.39, 0.29) is 5.91 Å². The van der Waals surface area contributed by atoms with Crippen molar-refractivity contribution in [3.05, 3.63) is 97.0 Å². The summed E-state index contributed by atoms with van der Waals surface area (Å²) in [6, 6.07) is 23.5. The molecular weight excluding hydrogens is 579 g/mol. The first-order valence-corrected chi connectivity index (χ1v) is 13.5. The van der Waals surface area contributed by atoms with Gasteiger partial charge in [-0.1, -0.05) is 24.3 Å². The highest BCUT2D eigenvalue weighted by Crippen LogP contribution is 2.32. The van der Waals surface area contributed by atoms with Gasteiger partial charge in [0, 0.05) is 36.6 Å². The first kappa shape index (κ1) is 30.2. The predicted molar refractivity (Wildman–Crippen MR) is 158 cm³/mol. The van der Waals surface area contributed by atoms with Gasteiger partial charge in [0.05, 0.1) is 55.3 Å². The molecule has 1 aliphatic heterocycles. The minimum absolute atomic E-state index is 0.202. The summed E-state index contributed by atoms with van der Waals surface area (Å²) in [7, 11) is 1.64. The lowest BCUT2D eigenvalue weighted by Crippen LogP contribution is -2.36. The minimum Gasteiger partial charge on any atom is -0.495 e. The number of halogens is 3. The second-order valence-electron chi connectivity index (χ2n) is 9.68. The topological polar surface area (TPSA) is 111 Å². The van der Waals surface area contributed by atoms with Crippen LogP contribution in [0.25, 0.3) is 22.3 Å². The number of benzene rings is 3. The number of nitrogens with zero attached hydrogens (tertiary/aromatic N) is 4. The highest BCUT2D eigenvalue weighted by Gasteiger charge is 2.38. The number of aromatic nitrogens is 3. The van der Waals surface area contributed by atoms with Crippen molar-refractivity contribution in [3.63, 3.8) is 0 Å². The number of morpholine rings is 1. The third-order valence-electron chi connectivity index (χ3n) is 6.85. The Balaban J connectivity index is 0.000000493. The van der Waals surface area contributed by atoms with Crippen molar-refractivity contribution in [3.8, 4) is 17.1 Å². The maximum absolute atomic E-state index is 13.1. The zero-order valence-electron chi connectivity index (χ0n) is 23.5. The molecule has 1 aliphatic rings. The molecule has 0 bridgehead atoms. The fourth-order valence-corrected chi connectivity index (χ4v) is 4.70. The molecule has 5 aromatic rings. The lowest BCUT2D eigenvalue weighted by atomic mass is 10.1. The zero-order chi connectivity index (χ0) is 31.3. The van der Waals surface area contributed by atoms with Crippen molar-refractivity contribution in [2.24, 2.45) is 0 Å². The number of carbonyl (C=O) groups is 2. The van der Waals surface area contributed by atoms with Crippen LogP contribution in [-0.2, 0) is 9.53 Å². The smallest absolute Gasteiger partial charge is 0.490 e. The number of amides is 1. The normalized spacial score (nSPS) is 13.2. The van der Waals surface area contributed by atoms with Gasteiger partial charge in [0.2, 0.25) is 0 Å². The van der Waals surface area contributed by atoms with Crippen LogP contribution in [0.1, 0.15) is 10.4 Å².